The zero-order valence-electron chi connectivity index (χ0n) is 21.9. The molecular formula is C30H36N2O5S. The Morgan fingerprint density at radius 3 is 2.21 bits per heavy atom. The maximum absolute atomic E-state index is 13.2. The second-order valence-electron chi connectivity index (χ2n) is 12.0. The predicted molar refractivity (Wildman–Crippen MR) is 143 cm³/mol. The van der Waals surface area contributed by atoms with E-state index < -0.39 is 16.0 Å². The molecule has 1 unspecified atom stereocenters. The number of sulfonamides is 1. The minimum Gasteiger partial charge on any atom is -0.452 e. The normalized spacial score (nSPS) is 28.9. The molecule has 2 aromatic rings. The summed E-state index contributed by atoms with van der Waals surface area (Å²) in [6.07, 6.45) is 8.30. The van der Waals surface area contributed by atoms with Crippen molar-refractivity contribution in [1.29, 1.82) is 0 Å². The van der Waals surface area contributed by atoms with Crippen LogP contribution in [0.2, 0.25) is 0 Å². The van der Waals surface area contributed by atoms with Gasteiger partial charge in [-0.3, -0.25) is 4.79 Å². The molecule has 0 aromatic heterocycles. The Morgan fingerprint density at radius 1 is 0.974 bits per heavy atom. The summed E-state index contributed by atoms with van der Waals surface area (Å²) in [4.78, 5) is 25.4. The first kappa shape index (κ1) is 25.6. The van der Waals surface area contributed by atoms with E-state index in [4.69, 9.17) is 4.74 Å². The van der Waals surface area contributed by atoms with Gasteiger partial charge in [-0.1, -0.05) is 24.3 Å². The molecule has 2 aromatic carbocycles. The van der Waals surface area contributed by atoms with Gasteiger partial charge in [0.1, 0.15) is 0 Å². The second-order valence-corrected chi connectivity index (χ2v) is 14.0. The van der Waals surface area contributed by atoms with Crippen LogP contribution in [0.5, 0.6) is 0 Å². The van der Waals surface area contributed by atoms with Crippen LogP contribution in [0.3, 0.4) is 0 Å². The average molecular weight is 537 g/mol. The minimum absolute atomic E-state index is 0.0633. The highest BCUT2D eigenvalue weighted by Crippen LogP contribution is 2.61. The van der Waals surface area contributed by atoms with Crippen LogP contribution in [0.25, 0.3) is 0 Å². The van der Waals surface area contributed by atoms with Crippen LogP contribution < -0.4 is 5.32 Å². The number of rotatable bonds is 7. The standard InChI is InChI=1S/C30H36N2O5S/c1-20(30-15-21-12-22(16-30)14-23(13-21)17-30)31-28(33)19-37-29(34)25-6-8-27(9-7-25)38(35,36)32-11-10-24-4-2-3-5-26(24)18-32/h2-9,20-23H,10-19H2,1H3,(H,31,33). The van der Waals surface area contributed by atoms with Crippen LogP contribution in [-0.2, 0) is 32.5 Å². The molecule has 0 saturated heterocycles. The number of esters is 1. The topological polar surface area (TPSA) is 92.8 Å². The van der Waals surface area contributed by atoms with E-state index in [1.54, 1.807) is 0 Å². The molecule has 4 saturated carbocycles. The quantitative estimate of drug-likeness (QED) is 0.533. The summed E-state index contributed by atoms with van der Waals surface area (Å²) in [5, 5.41) is 3.12. The molecule has 1 heterocycles. The van der Waals surface area contributed by atoms with Crippen molar-refractivity contribution in [2.45, 2.75) is 69.4 Å². The number of benzene rings is 2. The van der Waals surface area contributed by atoms with Gasteiger partial charge in [-0.25, -0.2) is 13.2 Å². The highest BCUT2D eigenvalue weighted by Gasteiger charge is 2.53. The molecule has 1 amide bonds. The summed E-state index contributed by atoms with van der Waals surface area (Å²) in [7, 11) is -3.69. The third-order valence-electron chi connectivity index (χ3n) is 9.54. The Morgan fingerprint density at radius 2 is 1.58 bits per heavy atom. The first-order chi connectivity index (χ1) is 18.2. The summed E-state index contributed by atoms with van der Waals surface area (Å²) < 4.78 is 33.1. The zero-order valence-corrected chi connectivity index (χ0v) is 22.7. The van der Waals surface area contributed by atoms with E-state index in [1.807, 2.05) is 24.3 Å². The SMILES string of the molecule is CC(NC(=O)COC(=O)c1ccc(S(=O)(=O)N2CCc3ccccc3C2)cc1)C12CC3CC(CC(C3)C1)C2. The fourth-order valence-corrected chi connectivity index (χ4v) is 9.36. The predicted octanol–water partition coefficient (Wildman–Crippen LogP) is 4.31. The molecule has 1 atom stereocenters. The lowest BCUT2D eigenvalue weighted by Gasteiger charge is -2.59. The van der Waals surface area contributed by atoms with E-state index in [0.717, 1.165) is 23.3 Å². The Labute approximate surface area is 225 Å². The number of carbonyl (C=O) groups is 2. The van der Waals surface area contributed by atoms with Crippen LogP contribution in [0, 0.1) is 23.2 Å². The van der Waals surface area contributed by atoms with Gasteiger partial charge in [-0.05, 0) is 110 Å². The lowest BCUT2D eigenvalue weighted by molar-refractivity contribution is -0.128. The van der Waals surface area contributed by atoms with Crippen molar-refractivity contribution in [3.63, 3.8) is 0 Å². The molecule has 1 N–H and O–H groups in total. The van der Waals surface area contributed by atoms with E-state index in [1.165, 1.54) is 72.7 Å². The number of nitrogens with one attached hydrogen (secondary N) is 1. The average Bonchev–Trinajstić information content (AvgIpc) is 2.90. The molecule has 4 bridgehead atoms. The highest BCUT2D eigenvalue weighted by atomic mass is 32.2. The Hall–Kier alpha value is -2.71. The third-order valence-corrected chi connectivity index (χ3v) is 11.4. The van der Waals surface area contributed by atoms with Crippen LogP contribution in [-0.4, -0.2) is 43.8 Å². The second kappa shape index (κ2) is 9.79. The molecule has 202 valence electrons. The molecule has 7 nitrogen and oxygen atoms in total. The number of hydrogen-bond donors (Lipinski definition) is 1. The zero-order chi connectivity index (χ0) is 26.5. The first-order valence-electron chi connectivity index (χ1n) is 13.9. The largest absolute Gasteiger partial charge is 0.452 e. The molecule has 1 aliphatic heterocycles. The number of nitrogens with zero attached hydrogens (tertiary/aromatic N) is 1. The van der Waals surface area contributed by atoms with Gasteiger partial charge in [0.2, 0.25) is 10.0 Å². The Bertz CT molecular complexity index is 1300. The monoisotopic (exact) mass is 536 g/mol. The number of hydrogen-bond acceptors (Lipinski definition) is 5. The Balaban J connectivity index is 1.03. The van der Waals surface area contributed by atoms with Crippen molar-refractivity contribution < 1.29 is 22.7 Å². The van der Waals surface area contributed by atoms with Gasteiger partial charge in [0.15, 0.2) is 6.61 Å². The van der Waals surface area contributed by atoms with Crippen molar-refractivity contribution >= 4 is 21.9 Å². The lowest BCUT2D eigenvalue weighted by Crippen LogP contribution is -2.56. The van der Waals surface area contributed by atoms with Crippen molar-refractivity contribution in [1.82, 2.24) is 9.62 Å². The number of fused-ring (bicyclic) bond motifs is 1. The highest BCUT2D eigenvalue weighted by molar-refractivity contribution is 7.89. The van der Waals surface area contributed by atoms with Crippen molar-refractivity contribution in [2.75, 3.05) is 13.2 Å². The minimum atomic E-state index is -3.69. The molecule has 8 heteroatoms. The van der Waals surface area contributed by atoms with Gasteiger partial charge >= 0.3 is 5.97 Å². The summed E-state index contributed by atoms with van der Waals surface area (Å²) in [6.45, 7) is 2.51. The maximum atomic E-state index is 13.2. The molecule has 0 radical (unpaired) electrons. The van der Waals surface area contributed by atoms with Crippen molar-refractivity contribution in [2.24, 2.45) is 23.2 Å². The lowest BCUT2D eigenvalue weighted by atomic mass is 9.48. The smallest absolute Gasteiger partial charge is 0.338 e. The van der Waals surface area contributed by atoms with E-state index >= 15 is 0 Å². The van der Waals surface area contributed by atoms with E-state index in [9.17, 15) is 18.0 Å². The van der Waals surface area contributed by atoms with Crippen molar-refractivity contribution in [3.8, 4) is 0 Å². The van der Waals surface area contributed by atoms with Gasteiger partial charge in [-0.2, -0.15) is 4.31 Å². The summed E-state index contributed by atoms with van der Waals surface area (Å²) in [5.41, 5.74) is 2.59. The molecule has 38 heavy (non-hydrogen) atoms. The van der Waals surface area contributed by atoms with Crippen molar-refractivity contribution in [3.05, 3.63) is 65.2 Å². The van der Waals surface area contributed by atoms with Gasteiger partial charge in [0.05, 0.1) is 10.5 Å². The van der Waals surface area contributed by atoms with Gasteiger partial charge in [-0.15, -0.1) is 0 Å². The van der Waals surface area contributed by atoms with E-state index in [-0.39, 0.29) is 34.4 Å². The maximum Gasteiger partial charge on any atom is 0.338 e. The van der Waals surface area contributed by atoms with E-state index in [0.29, 0.717) is 19.5 Å². The molecule has 0 spiro atoms. The van der Waals surface area contributed by atoms with Crippen LogP contribution in [0.1, 0.15) is 66.9 Å². The molecular weight excluding hydrogens is 500 g/mol. The third kappa shape index (κ3) is 4.77. The fourth-order valence-electron chi connectivity index (χ4n) is 7.95. The van der Waals surface area contributed by atoms with Gasteiger partial charge in [0.25, 0.3) is 5.91 Å². The number of carbonyl (C=O) groups excluding carboxylic acids is 2. The van der Waals surface area contributed by atoms with Crippen LogP contribution in [0.15, 0.2) is 53.4 Å². The number of ether oxygens (including phenoxy) is 1. The summed E-state index contributed by atoms with van der Waals surface area (Å²) >= 11 is 0. The summed E-state index contributed by atoms with van der Waals surface area (Å²) in [5.74, 6) is 1.48. The number of amides is 1. The van der Waals surface area contributed by atoms with Gasteiger partial charge < -0.3 is 10.1 Å². The first-order valence-corrected chi connectivity index (χ1v) is 15.3. The fraction of sp³-hybridized carbons (Fsp3) is 0.533. The molecule has 7 rings (SSSR count). The summed E-state index contributed by atoms with van der Waals surface area (Å²) in [6, 6.07) is 13.7. The molecule has 4 aliphatic carbocycles. The Kier molecular flexibility index (Phi) is 6.59. The van der Waals surface area contributed by atoms with Gasteiger partial charge in [0, 0.05) is 19.1 Å². The van der Waals surface area contributed by atoms with E-state index in [2.05, 4.69) is 12.2 Å². The van der Waals surface area contributed by atoms with Crippen LogP contribution >= 0.6 is 0 Å². The molecule has 4 fully saturated rings. The molecule has 5 aliphatic rings. The van der Waals surface area contributed by atoms with Crippen LogP contribution in [0.4, 0.5) is 0 Å².